The quantitative estimate of drug-likeness (QED) is 0.809. The topological polar surface area (TPSA) is 102 Å². The highest BCUT2D eigenvalue weighted by atomic mass is 32.2. The van der Waals surface area contributed by atoms with E-state index in [-0.39, 0.29) is 24.4 Å². The molecule has 1 aliphatic carbocycles. The molecule has 0 spiro atoms. The fourth-order valence-electron chi connectivity index (χ4n) is 3.66. The van der Waals surface area contributed by atoms with E-state index in [4.69, 9.17) is 5.14 Å². The van der Waals surface area contributed by atoms with Crippen LogP contribution in [0.4, 0.5) is 14.5 Å². The van der Waals surface area contributed by atoms with Gasteiger partial charge >= 0.3 is 0 Å². The molecule has 0 bridgehead atoms. The number of aromatic nitrogens is 1. The van der Waals surface area contributed by atoms with Crippen molar-refractivity contribution in [2.24, 2.45) is 11.1 Å². The minimum Gasteiger partial charge on any atom is -0.326 e. The molecule has 1 saturated carbocycles. The second kappa shape index (κ2) is 7.56. The van der Waals surface area contributed by atoms with Crippen LogP contribution in [0.25, 0.3) is 0 Å². The number of aryl methyl sites for hydroxylation is 1. The third kappa shape index (κ3) is 4.53. The number of hydrogen-bond donors (Lipinski definition) is 2. The number of nitrogens with zero attached hydrogens (tertiary/aromatic N) is 1. The van der Waals surface area contributed by atoms with Crippen LogP contribution in [-0.2, 0) is 14.8 Å². The molecule has 3 rings (SSSR count). The number of primary sulfonamides is 1. The Morgan fingerprint density at radius 1 is 1.29 bits per heavy atom. The highest BCUT2D eigenvalue weighted by Gasteiger charge is 2.45. The molecule has 0 aliphatic heterocycles. The minimum atomic E-state index is -4.05. The van der Waals surface area contributed by atoms with Gasteiger partial charge in [0.25, 0.3) is 10.0 Å². The molecule has 28 heavy (non-hydrogen) atoms. The Balaban J connectivity index is 1.89. The molecule has 3 N–H and O–H groups in total. The Bertz CT molecular complexity index is 995. The molecule has 1 aromatic carbocycles. The fraction of sp³-hybridized carbons (Fsp3) is 0.368. The van der Waals surface area contributed by atoms with Gasteiger partial charge in [0.15, 0.2) is 5.03 Å². The number of alkyl halides is 2. The van der Waals surface area contributed by atoms with Crippen molar-refractivity contribution >= 4 is 21.6 Å². The van der Waals surface area contributed by atoms with Gasteiger partial charge in [-0.05, 0) is 36.5 Å². The number of carbonyl (C=O) groups is 1. The summed E-state index contributed by atoms with van der Waals surface area (Å²) < 4.78 is 51.0. The Labute approximate surface area is 162 Å². The molecule has 1 fully saturated rings. The first-order valence-corrected chi connectivity index (χ1v) is 10.3. The number of benzene rings is 1. The normalized spacial score (nSPS) is 21.9. The van der Waals surface area contributed by atoms with E-state index in [1.54, 1.807) is 0 Å². The predicted octanol–water partition coefficient (Wildman–Crippen LogP) is 3.20. The lowest BCUT2D eigenvalue weighted by molar-refractivity contribution is -0.128. The van der Waals surface area contributed by atoms with E-state index in [1.807, 2.05) is 31.2 Å². The van der Waals surface area contributed by atoms with Gasteiger partial charge in [-0.1, -0.05) is 24.3 Å². The molecule has 1 aromatic heterocycles. The van der Waals surface area contributed by atoms with E-state index in [0.29, 0.717) is 0 Å². The number of carbonyl (C=O) groups excluding carboxylic acids is 1. The average molecular weight is 409 g/mol. The maximum atomic E-state index is 14.1. The van der Waals surface area contributed by atoms with Crippen LogP contribution in [-0.4, -0.2) is 25.2 Å². The Morgan fingerprint density at radius 2 is 2.00 bits per heavy atom. The zero-order chi connectivity index (χ0) is 20.5. The summed E-state index contributed by atoms with van der Waals surface area (Å²) in [5.41, 5.74) is 1.95. The molecule has 9 heteroatoms. The number of hydrogen-bond acceptors (Lipinski definition) is 4. The summed E-state index contributed by atoms with van der Waals surface area (Å²) in [6.07, 6.45) is 0.532. The molecule has 1 unspecified atom stereocenters. The van der Waals surface area contributed by atoms with Crippen molar-refractivity contribution in [3.8, 4) is 0 Å². The summed E-state index contributed by atoms with van der Waals surface area (Å²) in [7, 11) is -4.05. The maximum Gasteiger partial charge on any atom is 0.255 e. The van der Waals surface area contributed by atoms with E-state index >= 15 is 0 Å². The molecular formula is C19H21F2N3O3S. The summed E-state index contributed by atoms with van der Waals surface area (Å²) in [6.45, 7) is 1.89. The van der Waals surface area contributed by atoms with E-state index in [9.17, 15) is 22.0 Å². The van der Waals surface area contributed by atoms with Gasteiger partial charge in [0.05, 0.1) is 5.92 Å². The lowest BCUT2D eigenvalue weighted by Gasteiger charge is -2.36. The summed E-state index contributed by atoms with van der Waals surface area (Å²) >= 11 is 0. The minimum absolute atomic E-state index is 0.140. The van der Waals surface area contributed by atoms with E-state index < -0.39 is 39.2 Å². The number of sulfonamides is 1. The zero-order valence-electron chi connectivity index (χ0n) is 15.2. The molecule has 1 amide bonds. The smallest absolute Gasteiger partial charge is 0.255 e. The van der Waals surface area contributed by atoms with Gasteiger partial charge in [-0.3, -0.25) is 4.79 Å². The number of amides is 1. The Hall–Kier alpha value is -2.39. The largest absolute Gasteiger partial charge is 0.326 e. The second-order valence-electron chi connectivity index (χ2n) is 7.09. The molecule has 0 saturated heterocycles. The SMILES string of the molecule is Cc1ccccc1[C@@H]1CCC(F)(F)CC1C(=O)Nc1ccnc(S(N)(=O)=O)c1. The van der Waals surface area contributed by atoms with Crippen molar-refractivity contribution in [3.63, 3.8) is 0 Å². The van der Waals surface area contributed by atoms with Gasteiger partial charge < -0.3 is 5.32 Å². The third-order valence-corrected chi connectivity index (χ3v) is 5.85. The van der Waals surface area contributed by atoms with E-state index in [2.05, 4.69) is 10.3 Å². The van der Waals surface area contributed by atoms with Crippen LogP contribution in [0.5, 0.6) is 0 Å². The van der Waals surface area contributed by atoms with Crippen molar-refractivity contribution in [2.75, 3.05) is 5.32 Å². The van der Waals surface area contributed by atoms with Crippen LogP contribution in [0.15, 0.2) is 47.6 Å². The van der Waals surface area contributed by atoms with Gasteiger partial charge in [-0.2, -0.15) is 0 Å². The lowest BCUT2D eigenvalue weighted by atomic mass is 9.72. The van der Waals surface area contributed by atoms with Gasteiger partial charge in [0.1, 0.15) is 0 Å². The standard InChI is InChI=1S/C19H21F2N3O3S/c1-12-4-2-3-5-14(12)15-6-8-19(20,21)11-16(15)18(25)24-13-7-9-23-17(10-13)28(22,26)27/h2-5,7,9-10,15-16H,6,8,11H2,1H3,(H2,22,26,27)(H,23,24,25)/t15-,16?/m0/s1. The van der Waals surface area contributed by atoms with Crippen molar-refractivity contribution in [1.29, 1.82) is 0 Å². The monoisotopic (exact) mass is 409 g/mol. The maximum absolute atomic E-state index is 14.1. The van der Waals surface area contributed by atoms with Crippen molar-refractivity contribution in [1.82, 2.24) is 4.98 Å². The molecule has 0 radical (unpaired) electrons. The summed E-state index contributed by atoms with van der Waals surface area (Å²) in [5.74, 6) is -4.80. The first-order valence-electron chi connectivity index (χ1n) is 8.80. The zero-order valence-corrected chi connectivity index (χ0v) is 16.0. The number of pyridine rings is 1. The third-order valence-electron chi connectivity index (χ3n) is 5.04. The van der Waals surface area contributed by atoms with Gasteiger partial charge in [0.2, 0.25) is 11.8 Å². The molecule has 2 atom stereocenters. The van der Waals surface area contributed by atoms with Crippen LogP contribution in [0.2, 0.25) is 0 Å². The van der Waals surface area contributed by atoms with E-state index in [0.717, 1.165) is 17.2 Å². The van der Waals surface area contributed by atoms with Crippen LogP contribution in [0.1, 0.15) is 36.3 Å². The van der Waals surface area contributed by atoms with Crippen LogP contribution in [0, 0.1) is 12.8 Å². The highest BCUT2D eigenvalue weighted by Crippen LogP contribution is 2.46. The molecule has 6 nitrogen and oxygen atoms in total. The number of halogens is 2. The molecule has 1 heterocycles. The summed E-state index contributed by atoms with van der Waals surface area (Å²) in [6, 6.07) is 9.92. The molecule has 1 aliphatic rings. The lowest BCUT2D eigenvalue weighted by Crippen LogP contribution is -2.38. The Morgan fingerprint density at radius 3 is 2.68 bits per heavy atom. The van der Waals surface area contributed by atoms with Crippen LogP contribution in [0.3, 0.4) is 0 Å². The van der Waals surface area contributed by atoms with Gasteiger partial charge in [-0.15, -0.1) is 0 Å². The van der Waals surface area contributed by atoms with Crippen molar-refractivity contribution < 1.29 is 22.0 Å². The molecule has 2 aromatic rings. The predicted molar refractivity (Wildman–Crippen MR) is 100 cm³/mol. The van der Waals surface area contributed by atoms with Crippen LogP contribution < -0.4 is 10.5 Å². The fourth-order valence-corrected chi connectivity index (χ4v) is 4.16. The first-order chi connectivity index (χ1) is 13.1. The number of nitrogens with one attached hydrogen (secondary N) is 1. The molecule has 150 valence electrons. The Kier molecular flexibility index (Phi) is 5.49. The molecular weight excluding hydrogens is 388 g/mol. The summed E-state index contributed by atoms with van der Waals surface area (Å²) in [5, 5.41) is 7.19. The van der Waals surface area contributed by atoms with Gasteiger partial charge in [-0.25, -0.2) is 27.3 Å². The van der Waals surface area contributed by atoms with E-state index in [1.165, 1.54) is 12.3 Å². The number of nitrogens with two attached hydrogens (primary N) is 1. The summed E-state index contributed by atoms with van der Waals surface area (Å²) in [4.78, 5) is 16.5. The van der Waals surface area contributed by atoms with Crippen molar-refractivity contribution in [2.45, 2.75) is 43.1 Å². The second-order valence-corrected chi connectivity index (χ2v) is 8.59. The number of anilines is 1. The highest BCUT2D eigenvalue weighted by molar-refractivity contribution is 7.89. The van der Waals surface area contributed by atoms with Crippen LogP contribution >= 0.6 is 0 Å². The van der Waals surface area contributed by atoms with Gasteiger partial charge in [0, 0.05) is 30.8 Å². The van der Waals surface area contributed by atoms with Crippen molar-refractivity contribution in [3.05, 3.63) is 53.7 Å². The number of rotatable bonds is 4. The average Bonchev–Trinajstić information content (AvgIpc) is 2.61. The first kappa shape index (κ1) is 20.3.